The van der Waals surface area contributed by atoms with Crippen LogP contribution in [-0.4, -0.2) is 43.0 Å². The van der Waals surface area contributed by atoms with Crippen LogP contribution in [0.25, 0.3) is 0 Å². The van der Waals surface area contributed by atoms with Gasteiger partial charge in [-0.2, -0.15) is 0 Å². The summed E-state index contributed by atoms with van der Waals surface area (Å²) in [6.07, 6.45) is 1.85. The van der Waals surface area contributed by atoms with Gasteiger partial charge in [-0.25, -0.2) is 4.39 Å². The van der Waals surface area contributed by atoms with Gasteiger partial charge in [-0.3, -0.25) is 9.69 Å². The molecule has 0 saturated carbocycles. The summed E-state index contributed by atoms with van der Waals surface area (Å²) in [5.41, 5.74) is 1.77. The number of ether oxygens (including phenoxy) is 1. The molecule has 0 radical (unpaired) electrons. The third kappa shape index (κ3) is 5.07. The zero-order valence-corrected chi connectivity index (χ0v) is 16.0. The van der Waals surface area contributed by atoms with Crippen molar-refractivity contribution in [1.29, 1.82) is 0 Å². The van der Waals surface area contributed by atoms with Crippen molar-refractivity contribution in [2.24, 2.45) is 5.92 Å². The maximum Gasteiger partial charge on any atom is 0.227 e. The van der Waals surface area contributed by atoms with E-state index >= 15 is 0 Å². The summed E-state index contributed by atoms with van der Waals surface area (Å²) >= 11 is 0. The fourth-order valence-corrected chi connectivity index (χ4v) is 3.66. The van der Waals surface area contributed by atoms with Gasteiger partial charge in [0.2, 0.25) is 5.91 Å². The van der Waals surface area contributed by atoms with Crippen LogP contribution in [-0.2, 0) is 17.9 Å². The van der Waals surface area contributed by atoms with Crippen LogP contribution in [0.15, 0.2) is 48.5 Å². The molecule has 1 aliphatic rings. The van der Waals surface area contributed by atoms with Gasteiger partial charge in [-0.05, 0) is 43.1 Å². The quantitative estimate of drug-likeness (QED) is 0.777. The van der Waals surface area contributed by atoms with Crippen molar-refractivity contribution >= 4 is 5.91 Å². The van der Waals surface area contributed by atoms with E-state index in [0.29, 0.717) is 25.2 Å². The van der Waals surface area contributed by atoms with Crippen molar-refractivity contribution in [3.8, 4) is 5.75 Å². The summed E-state index contributed by atoms with van der Waals surface area (Å²) in [5.74, 6) is 0.754. The molecule has 0 aromatic heterocycles. The van der Waals surface area contributed by atoms with Gasteiger partial charge in [0.15, 0.2) is 0 Å². The molecule has 1 heterocycles. The van der Waals surface area contributed by atoms with E-state index in [9.17, 15) is 9.18 Å². The first-order valence-corrected chi connectivity index (χ1v) is 9.40. The van der Waals surface area contributed by atoms with Crippen molar-refractivity contribution in [2.45, 2.75) is 25.9 Å². The topological polar surface area (TPSA) is 32.8 Å². The van der Waals surface area contributed by atoms with Crippen LogP contribution in [0.5, 0.6) is 5.75 Å². The molecule has 0 N–H and O–H groups in total. The zero-order valence-electron chi connectivity index (χ0n) is 16.0. The minimum atomic E-state index is -0.178. The molecule has 144 valence electrons. The molecule has 27 heavy (non-hydrogen) atoms. The fourth-order valence-electron chi connectivity index (χ4n) is 3.66. The first-order valence-electron chi connectivity index (χ1n) is 9.40. The smallest absolute Gasteiger partial charge is 0.227 e. The van der Waals surface area contributed by atoms with Gasteiger partial charge >= 0.3 is 0 Å². The molecule has 3 rings (SSSR count). The number of piperidine rings is 1. The number of rotatable bonds is 6. The zero-order chi connectivity index (χ0) is 19.2. The van der Waals surface area contributed by atoms with Crippen LogP contribution in [0.1, 0.15) is 24.0 Å². The lowest BCUT2D eigenvalue weighted by Gasteiger charge is -2.34. The predicted molar refractivity (Wildman–Crippen MR) is 104 cm³/mol. The lowest BCUT2D eigenvalue weighted by atomic mass is 9.96. The third-order valence-corrected chi connectivity index (χ3v) is 5.16. The molecule has 2 aromatic rings. The Labute approximate surface area is 160 Å². The molecule has 2 aromatic carbocycles. The van der Waals surface area contributed by atoms with Gasteiger partial charge in [0, 0.05) is 32.2 Å². The van der Waals surface area contributed by atoms with Crippen LogP contribution in [0.2, 0.25) is 0 Å². The van der Waals surface area contributed by atoms with Crippen molar-refractivity contribution in [3.05, 3.63) is 65.5 Å². The van der Waals surface area contributed by atoms with E-state index in [2.05, 4.69) is 4.90 Å². The second-order valence-electron chi connectivity index (χ2n) is 7.21. The first-order chi connectivity index (χ1) is 13.1. The molecule has 0 aliphatic carbocycles. The normalized spacial score (nSPS) is 17.5. The van der Waals surface area contributed by atoms with Gasteiger partial charge in [-0.1, -0.05) is 30.3 Å². The van der Waals surface area contributed by atoms with E-state index in [1.165, 1.54) is 6.07 Å². The molecular weight excluding hydrogens is 343 g/mol. The average Bonchev–Trinajstić information content (AvgIpc) is 2.70. The lowest BCUT2D eigenvalue weighted by molar-refractivity contribution is -0.136. The van der Waals surface area contributed by atoms with E-state index in [1.54, 1.807) is 18.1 Å². The molecule has 1 fully saturated rings. The van der Waals surface area contributed by atoms with E-state index in [4.69, 9.17) is 4.74 Å². The Kier molecular flexibility index (Phi) is 6.45. The molecular formula is C22H27FN2O2. The van der Waals surface area contributed by atoms with Crippen LogP contribution in [0.4, 0.5) is 4.39 Å². The second-order valence-corrected chi connectivity index (χ2v) is 7.21. The number of halogens is 1. The summed E-state index contributed by atoms with van der Waals surface area (Å²) in [6, 6.07) is 14.6. The number of carbonyl (C=O) groups is 1. The van der Waals surface area contributed by atoms with Gasteiger partial charge in [-0.15, -0.1) is 0 Å². The maximum atomic E-state index is 13.9. The number of nitrogens with zero attached hydrogens (tertiary/aromatic N) is 2. The van der Waals surface area contributed by atoms with E-state index in [-0.39, 0.29) is 17.6 Å². The molecule has 0 spiro atoms. The monoisotopic (exact) mass is 370 g/mol. The Morgan fingerprint density at radius 2 is 1.96 bits per heavy atom. The summed E-state index contributed by atoms with van der Waals surface area (Å²) in [5, 5.41) is 0. The highest BCUT2D eigenvalue weighted by Gasteiger charge is 2.28. The molecule has 1 aliphatic heterocycles. The Balaban J connectivity index is 1.57. The number of hydrogen-bond acceptors (Lipinski definition) is 3. The van der Waals surface area contributed by atoms with Crippen molar-refractivity contribution in [1.82, 2.24) is 9.80 Å². The van der Waals surface area contributed by atoms with Gasteiger partial charge in [0.1, 0.15) is 11.6 Å². The Hall–Kier alpha value is -2.40. The minimum Gasteiger partial charge on any atom is -0.497 e. The molecule has 4 nitrogen and oxygen atoms in total. The molecule has 1 atom stereocenters. The van der Waals surface area contributed by atoms with Crippen molar-refractivity contribution in [3.63, 3.8) is 0 Å². The van der Waals surface area contributed by atoms with E-state index < -0.39 is 0 Å². The number of amides is 1. The summed E-state index contributed by atoms with van der Waals surface area (Å²) in [4.78, 5) is 16.9. The number of methoxy groups -OCH3 is 1. The fraction of sp³-hybridized carbons (Fsp3) is 0.409. The second kappa shape index (κ2) is 9.00. The van der Waals surface area contributed by atoms with Crippen molar-refractivity contribution in [2.75, 3.05) is 27.2 Å². The molecule has 1 saturated heterocycles. The van der Waals surface area contributed by atoms with Gasteiger partial charge in [0.25, 0.3) is 0 Å². The summed E-state index contributed by atoms with van der Waals surface area (Å²) < 4.78 is 19.1. The Bertz CT molecular complexity index is 763. The maximum absolute atomic E-state index is 13.9. The largest absolute Gasteiger partial charge is 0.497 e. The third-order valence-electron chi connectivity index (χ3n) is 5.16. The lowest BCUT2D eigenvalue weighted by Crippen LogP contribution is -2.43. The predicted octanol–water partition coefficient (Wildman–Crippen LogP) is 3.70. The average molecular weight is 370 g/mol. The van der Waals surface area contributed by atoms with Crippen molar-refractivity contribution < 1.29 is 13.9 Å². The first kappa shape index (κ1) is 19.4. The van der Waals surface area contributed by atoms with Crippen LogP contribution >= 0.6 is 0 Å². The molecule has 5 heteroatoms. The SMILES string of the molecule is COc1ccc(CN(C)C(=O)C2CCCN(Cc3ccccc3F)C2)cc1. The van der Waals surface area contributed by atoms with E-state index in [0.717, 1.165) is 30.7 Å². The van der Waals surface area contributed by atoms with Crippen LogP contribution in [0, 0.1) is 11.7 Å². The van der Waals surface area contributed by atoms with Crippen LogP contribution < -0.4 is 4.74 Å². The molecule has 1 unspecified atom stereocenters. The highest BCUT2D eigenvalue weighted by Crippen LogP contribution is 2.22. The van der Waals surface area contributed by atoms with Crippen LogP contribution in [0.3, 0.4) is 0 Å². The standard InChI is InChI=1S/C22H27FN2O2/c1-24(14-17-9-11-20(27-2)12-10-17)22(26)19-7-5-13-25(16-19)15-18-6-3-4-8-21(18)23/h3-4,6,8-12,19H,5,7,13-16H2,1-2H3. The molecule has 1 amide bonds. The molecule has 0 bridgehead atoms. The number of benzene rings is 2. The highest BCUT2D eigenvalue weighted by atomic mass is 19.1. The number of carbonyl (C=O) groups excluding carboxylic acids is 1. The number of hydrogen-bond donors (Lipinski definition) is 0. The summed E-state index contributed by atoms with van der Waals surface area (Å²) in [7, 11) is 3.49. The van der Waals surface area contributed by atoms with Gasteiger partial charge < -0.3 is 9.64 Å². The Morgan fingerprint density at radius 3 is 2.67 bits per heavy atom. The minimum absolute atomic E-state index is 0.0335. The summed E-state index contributed by atoms with van der Waals surface area (Å²) in [6.45, 7) is 2.71. The number of likely N-dealkylation sites (tertiary alicyclic amines) is 1. The highest BCUT2D eigenvalue weighted by molar-refractivity contribution is 5.79. The Morgan fingerprint density at radius 1 is 1.22 bits per heavy atom. The van der Waals surface area contributed by atoms with Gasteiger partial charge in [0.05, 0.1) is 13.0 Å². The van der Waals surface area contributed by atoms with E-state index in [1.807, 2.05) is 43.4 Å².